The highest BCUT2D eigenvalue weighted by Crippen LogP contribution is 2.30. The maximum absolute atomic E-state index is 14.2. The van der Waals surface area contributed by atoms with Gasteiger partial charge in [0.1, 0.15) is 29.9 Å². The number of amides is 1. The van der Waals surface area contributed by atoms with Gasteiger partial charge in [-0.25, -0.2) is 13.2 Å². The van der Waals surface area contributed by atoms with E-state index in [9.17, 15) is 27.9 Å². The van der Waals surface area contributed by atoms with E-state index in [-0.39, 0.29) is 47.6 Å². The molecule has 3 aromatic carbocycles. The Bertz CT molecular complexity index is 1650. The molecule has 1 atom stereocenters. The summed E-state index contributed by atoms with van der Waals surface area (Å²) in [6.45, 7) is 7.12. The average molecular weight is 580 g/mol. The number of nitrogens with zero attached hydrogens (tertiary/aromatic N) is 2. The molecule has 1 heterocycles. The smallest absolute Gasteiger partial charge is 0.261 e. The summed E-state index contributed by atoms with van der Waals surface area (Å²) in [4.78, 5) is 30.2. The van der Waals surface area contributed by atoms with Gasteiger partial charge in [0.05, 0.1) is 17.7 Å². The van der Waals surface area contributed by atoms with E-state index in [2.05, 4.69) is 4.98 Å². The third-order valence-corrected chi connectivity index (χ3v) is 6.83. The van der Waals surface area contributed by atoms with Gasteiger partial charge < -0.3 is 15.6 Å². The zero-order valence-corrected chi connectivity index (χ0v) is 23.7. The van der Waals surface area contributed by atoms with Gasteiger partial charge in [-0.3, -0.25) is 14.2 Å². The average Bonchev–Trinajstić information content (AvgIpc) is 2.91. The zero-order valence-electron chi connectivity index (χ0n) is 23.7. The third-order valence-electron chi connectivity index (χ3n) is 6.83. The molecule has 0 aliphatic carbocycles. The molecule has 1 aromatic heterocycles. The number of rotatable bonds is 10. The van der Waals surface area contributed by atoms with Crippen molar-refractivity contribution in [2.24, 2.45) is 11.7 Å². The minimum absolute atomic E-state index is 0.0156. The van der Waals surface area contributed by atoms with Crippen LogP contribution >= 0.6 is 0 Å². The summed E-state index contributed by atoms with van der Waals surface area (Å²) in [7, 11) is 0. The summed E-state index contributed by atoms with van der Waals surface area (Å²) in [5, 5.41) is 10.9. The van der Waals surface area contributed by atoms with E-state index in [0.717, 1.165) is 12.1 Å². The number of benzene rings is 3. The minimum Gasteiger partial charge on any atom is -0.493 e. The molecule has 0 aliphatic heterocycles. The summed E-state index contributed by atoms with van der Waals surface area (Å²) < 4.78 is 49.2. The fourth-order valence-corrected chi connectivity index (χ4v) is 4.94. The lowest BCUT2D eigenvalue weighted by atomic mass is 9.94. The predicted octanol–water partition coefficient (Wildman–Crippen LogP) is 5.89. The number of aromatic nitrogens is 2. The van der Waals surface area contributed by atoms with Gasteiger partial charge in [-0.05, 0) is 66.3 Å². The van der Waals surface area contributed by atoms with Crippen LogP contribution in [0, 0.1) is 23.4 Å². The third kappa shape index (κ3) is 6.71. The number of nitrogens with two attached hydrogens (primary N) is 1. The number of hydrogen-bond donors (Lipinski definition) is 2. The molecule has 3 N–H and O–H groups in total. The molecular weight excluding hydrogens is 547 g/mol. The first-order chi connectivity index (χ1) is 19.8. The van der Waals surface area contributed by atoms with Crippen molar-refractivity contribution in [2.45, 2.75) is 52.9 Å². The van der Waals surface area contributed by atoms with E-state index in [4.69, 9.17) is 10.5 Å². The number of hydrogen-bond acceptors (Lipinski definition) is 5. The first-order valence-electron chi connectivity index (χ1n) is 13.4. The highest BCUT2D eigenvalue weighted by atomic mass is 19.1. The number of halogens is 3. The summed E-state index contributed by atoms with van der Waals surface area (Å²) in [5.74, 6) is -3.59. The molecule has 4 rings (SSSR count). The Hall–Kier alpha value is -4.44. The second-order valence-electron chi connectivity index (χ2n) is 10.7. The Balaban J connectivity index is 1.80. The van der Waals surface area contributed by atoms with Gasteiger partial charge in [-0.1, -0.05) is 44.2 Å². The van der Waals surface area contributed by atoms with Gasteiger partial charge in [-0.2, -0.15) is 4.98 Å². The van der Waals surface area contributed by atoms with E-state index in [1.165, 1.54) is 28.8 Å². The number of ether oxygens (including phenoxy) is 1. The maximum atomic E-state index is 14.2. The maximum Gasteiger partial charge on any atom is 0.261 e. The lowest BCUT2D eigenvalue weighted by molar-refractivity contribution is 0.0570. The van der Waals surface area contributed by atoms with E-state index in [0.29, 0.717) is 16.7 Å². The Morgan fingerprint density at radius 3 is 2.17 bits per heavy atom. The Kier molecular flexibility index (Phi) is 9.16. The van der Waals surface area contributed by atoms with Crippen LogP contribution < -0.4 is 11.3 Å². The highest BCUT2D eigenvalue weighted by molar-refractivity contribution is 5.99. The van der Waals surface area contributed by atoms with Gasteiger partial charge >= 0.3 is 0 Å². The molecule has 0 bridgehead atoms. The van der Waals surface area contributed by atoms with Crippen molar-refractivity contribution in [1.29, 1.82) is 0 Å². The van der Waals surface area contributed by atoms with Crippen LogP contribution in [0.15, 0.2) is 65.5 Å². The second kappa shape index (κ2) is 12.6. The molecule has 1 amide bonds. The summed E-state index contributed by atoms with van der Waals surface area (Å²) in [6.07, 6.45) is -0.228. The SMILES string of the molecule is CC(C)OCc1nc(O)c(Cc2ccc(-c3ccc(F)cc3C(N)=O)cc2)c(=O)n1[C@H](c1cc(F)cc(F)c1)C(C)C. The van der Waals surface area contributed by atoms with Crippen LogP contribution in [0.5, 0.6) is 5.88 Å². The first-order valence-corrected chi connectivity index (χ1v) is 13.4. The number of carbonyl (C=O) groups is 1. The van der Waals surface area contributed by atoms with Crippen LogP contribution in [-0.4, -0.2) is 26.7 Å². The van der Waals surface area contributed by atoms with Gasteiger partial charge in [-0.15, -0.1) is 0 Å². The van der Waals surface area contributed by atoms with E-state index in [1.807, 2.05) is 13.8 Å². The highest BCUT2D eigenvalue weighted by Gasteiger charge is 2.27. The predicted molar refractivity (Wildman–Crippen MR) is 153 cm³/mol. The van der Waals surface area contributed by atoms with Crippen LogP contribution in [0.4, 0.5) is 13.2 Å². The van der Waals surface area contributed by atoms with Crippen molar-refractivity contribution in [3.05, 3.63) is 117 Å². The van der Waals surface area contributed by atoms with Crippen molar-refractivity contribution in [3.63, 3.8) is 0 Å². The van der Waals surface area contributed by atoms with Gasteiger partial charge in [0.15, 0.2) is 0 Å². The van der Waals surface area contributed by atoms with Gasteiger partial charge in [0.2, 0.25) is 11.8 Å². The standard InChI is InChI=1S/C32H32F3N3O4/c1-17(2)29(21-12-23(34)14-24(35)13-21)38-28(16-42-18(3)4)37-31(40)27(32(38)41)11-19-5-7-20(8-6-19)25-10-9-22(33)15-26(25)30(36)39/h5-10,12-15,17-18,29,40H,11,16H2,1-4H3,(H2,36,39)/t29-/m0/s1. The molecule has 42 heavy (non-hydrogen) atoms. The van der Waals surface area contributed by atoms with Crippen LogP contribution in [-0.2, 0) is 17.8 Å². The topological polar surface area (TPSA) is 107 Å². The van der Waals surface area contributed by atoms with Crippen LogP contribution in [0.3, 0.4) is 0 Å². The van der Waals surface area contributed by atoms with Crippen LogP contribution in [0.25, 0.3) is 11.1 Å². The number of primary amides is 1. The Morgan fingerprint density at radius 2 is 1.60 bits per heavy atom. The fraction of sp³-hybridized carbons (Fsp3) is 0.281. The summed E-state index contributed by atoms with van der Waals surface area (Å²) >= 11 is 0. The van der Waals surface area contributed by atoms with Crippen molar-refractivity contribution in [1.82, 2.24) is 9.55 Å². The molecule has 0 saturated heterocycles. The largest absolute Gasteiger partial charge is 0.493 e. The first kappa shape index (κ1) is 30.5. The molecule has 10 heteroatoms. The lowest BCUT2D eigenvalue weighted by Gasteiger charge is -2.27. The number of carbonyl (C=O) groups excluding carboxylic acids is 1. The van der Waals surface area contributed by atoms with Crippen molar-refractivity contribution >= 4 is 5.91 Å². The molecular formula is C32H32F3N3O4. The van der Waals surface area contributed by atoms with Crippen molar-refractivity contribution in [2.75, 3.05) is 0 Å². The molecule has 7 nitrogen and oxygen atoms in total. The quantitative estimate of drug-likeness (QED) is 0.244. The fourth-order valence-electron chi connectivity index (χ4n) is 4.94. The van der Waals surface area contributed by atoms with Gasteiger partial charge in [0, 0.05) is 18.1 Å². The Labute approximate surface area is 241 Å². The minimum atomic E-state index is -0.812. The normalized spacial score (nSPS) is 12.2. The molecule has 220 valence electrons. The molecule has 0 radical (unpaired) electrons. The van der Waals surface area contributed by atoms with E-state index in [1.54, 1.807) is 38.1 Å². The van der Waals surface area contributed by atoms with E-state index >= 15 is 0 Å². The van der Waals surface area contributed by atoms with Gasteiger partial charge in [0.25, 0.3) is 5.56 Å². The summed E-state index contributed by atoms with van der Waals surface area (Å²) in [5.41, 5.74) is 6.77. The zero-order chi connectivity index (χ0) is 30.7. The molecule has 0 fully saturated rings. The molecule has 0 spiro atoms. The van der Waals surface area contributed by atoms with Crippen LogP contribution in [0.2, 0.25) is 0 Å². The monoisotopic (exact) mass is 579 g/mol. The summed E-state index contributed by atoms with van der Waals surface area (Å²) in [6, 6.07) is 12.8. The van der Waals surface area contributed by atoms with E-state index < -0.39 is 40.8 Å². The van der Waals surface area contributed by atoms with Crippen molar-refractivity contribution in [3.8, 4) is 17.0 Å². The van der Waals surface area contributed by atoms with Crippen molar-refractivity contribution < 1.29 is 27.8 Å². The molecule has 0 unspecified atom stereocenters. The second-order valence-corrected chi connectivity index (χ2v) is 10.7. The Morgan fingerprint density at radius 1 is 0.952 bits per heavy atom. The molecule has 0 saturated carbocycles. The molecule has 0 aliphatic rings. The number of aromatic hydroxyl groups is 1. The van der Waals surface area contributed by atoms with Crippen LogP contribution in [0.1, 0.15) is 66.6 Å². The molecule has 4 aromatic rings. The lowest BCUT2D eigenvalue weighted by Crippen LogP contribution is -2.35.